The summed E-state index contributed by atoms with van der Waals surface area (Å²) in [7, 11) is 0. The van der Waals surface area contributed by atoms with Crippen LogP contribution in [0.1, 0.15) is 86.5 Å². The largest absolute Gasteiger partial charge is 0.351 e. The van der Waals surface area contributed by atoms with Crippen molar-refractivity contribution in [3.05, 3.63) is 114 Å². The van der Waals surface area contributed by atoms with Crippen LogP contribution in [-0.4, -0.2) is 22.3 Å². The Bertz CT molecular complexity index is 1460. The molecule has 1 atom stereocenters. The third-order valence-corrected chi connectivity index (χ3v) is 7.66. The lowest BCUT2D eigenvalue weighted by atomic mass is 9.84. The quantitative estimate of drug-likeness (QED) is 0.243. The SMILES string of the molecule is CC(C)(C)NC(=O)C(c1ccc(F)cc1)N(C(=O)c1ccc(-c2ccccc2)[nH]1)c1ccc(C2CCCCC2)cc1. The Labute approximate surface area is 241 Å². The number of anilines is 1. The normalized spacial score (nSPS) is 14.8. The van der Waals surface area contributed by atoms with Crippen LogP contribution in [0.5, 0.6) is 0 Å². The van der Waals surface area contributed by atoms with E-state index >= 15 is 0 Å². The zero-order valence-corrected chi connectivity index (χ0v) is 24.0. The molecule has 3 aromatic carbocycles. The summed E-state index contributed by atoms with van der Waals surface area (Å²) in [6, 6.07) is 26.2. The Morgan fingerprint density at radius 2 is 1.51 bits per heavy atom. The molecule has 1 aliphatic rings. The van der Waals surface area contributed by atoms with Crippen LogP contribution in [0.3, 0.4) is 0 Å². The van der Waals surface area contributed by atoms with Crippen LogP contribution in [0.4, 0.5) is 10.1 Å². The molecule has 0 spiro atoms. The van der Waals surface area contributed by atoms with Gasteiger partial charge in [-0.15, -0.1) is 0 Å². The van der Waals surface area contributed by atoms with Crippen LogP contribution in [-0.2, 0) is 4.79 Å². The fourth-order valence-electron chi connectivity index (χ4n) is 5.66. The van der Waals surface area contributed by atoms with Crippen LogP contribution in [0.2, 0.25) is 0 Å². The summed E-state index contributed by atoms with van der Waals surface area (Å²) in [6.45, 7) is 5.69. The van der Waals surface area contributed by atoms with E-state index in [-0.39, 0.29) is 11.8 Å². The first-order chi connectivity index (χ1) is 19.7. The summed E-state index contributed by atoms with van der Waals surface area (Å²) in [4.78, 5) is 33.1. The smallest absolute Gasteiger partial charge is 0.275 e. The van der Waals surface area contributed by atoms with Gasteiger partial charge in [0.25, 0.3) is 5.91 Å². The van der Waals surface area contributed by atoms with E-state index in [2.05, 4.69) is 22.4 Å². The van der Waals surface area contributed by atoms with Crippen molar-refractivity contribution in [3.63, 3.8) is 0 Å². The van der Waals surface area contributed by atoms with E-state index in [1.165, 1.54) is 54.7 Å². The molecule has 0 bridgehead atoms. The van der Waals surface area contributed by atoms with Gasteiger partial charge in [0.05, 0.1) is 0 Å². The number of nitrogens with one attached hydrogen (secondary N) is 2. The molecular weight excluding hydrogens is 513 g/mol. The summed E-state index contributed by atoms with van der Waals surface area (Å²) in [6.07, 6.45) is 6.07. The van der Waals surface area contributed by atoms with E-state index in [1.807, 2.05) is 69.3 Å². The number of aromatic nitrogens is 1. The van der Waals surface area contributed by atoms with Crippen molar-refractivity contribution in [1.82, 2.24) is 10.3 Å². The fraction of sp³-hybridized carbons (Fsp3) is 0.314. The number of aromatic amines is 1. The van der Waals surface area contributed by atoms with E-state index in [0.29, 0.717) is 22.9 Å². The van der Waals surface area contributed by atoms with Gasteiger partial charge in [0.15, 0.2) is 0 Å². The summed E-state index contributed by atoms with van der Waals surface area (Å²) >= 11 is 0. The van der Waals surface area contributed by atoms with Crippen LogP contribution < -0.4 is 10.2 Å². The van der Waals surface area contributed by atoms with E-state index < -0.39 is 17.4 Å². The molecule has 2 N–H and O–H groups in total. The molecule has 1 heterocycles. The molecule has 41 heavy (non-hydrogen) atoms. The summed E-state index contributed by atoms with van der Waals surface area (Å²) in [5, 5.41) is 3.05. The maximum atomic E-state index is 14.4. The third-order valence-electron chi connectivity index (χ3n) is 7.66. The molecule has 1 unspecified atom stereocenters. The predicted octanol–water partition coefficient (Wildman–Crippen LogP) is 8.17. The molecule has 0 aliphatic heterocycles. The van der Waals surface area contributed by atoms with Crippen LogP contribution in [0.25, 0.3) is 11.3 Å². The molecule has 212 valence electrons. The van der Waals surface area contributed by atoms with Gasteiger partial charge in [-0.3, -0.25) is 14.5 Å². The summed E-state index contributed by atoms with van der Waals surface area (Å²) < 4.78 is 14.0. The van der Waals surface area contributed by atoms with Crippen LogP contribution in [0.15, 0.2) is 91.0 Å². The molecule has 6 heteroatoms. The molecule has 5 rings (SSSR count). The average Bonchev–Trinajstić information content (AvgIpc) is 3.47. The van der Waals surface area contributed by atoms with Crippen molar-refractivity contribution in [2.75, 3.05) is 4.90 Å². The van der Waals surface area contributed by atoms with Crippen molar-refractivity contribution in [3.8, 4) is 11.3 Å². The topological polar surface area (TPSA) is 65.2 Å². The van der Waals surface area contributed by atoms with Gasteiger partial charge in [-0.25, -0.2) is 4.39 Å². The third kappa shape index (κ3) is 6.76. The van der Waals surface area contributed by atoms with E-state index in [1.54, 1.807) is 18.2 Å². The molecule has 2 amide bonds. The Kier molecular flexibility index (Phi) is 8.39. The number of H-pyrrole nitrogens is 1. The molecule has 0 radical (unpaired) electrons. The maximum Gasteiger partial charge on any atom is 0.275 e. The van der Waals surface area contributed by atoms with Crippen LogP contribution >= 0.6 is 0 Å². The molecule has 5 nitrogen and oxygen atoms in total. The molecule has 1 aromatic heterocycles. The number of hydrogen-bond donors (Lipinski definition) is 2. The van der Waals surface area contributed by atoms with Gasteiger partial charge in [0.2, 0.25) is 5.91 Å². The Hall–Kier alpha value is -4.19. The Balaban J connectivity index is 1.59. The maximum absolute atomic E-state index is 14.4. The second-order valence-corrected chi connectivity index (χ2v) is 11.9. The highest BCUT2D eigenvalue weighted by molar-refractivity contribution is 6.09. The van der Waals surface area contributed by atoms with Crippen LogP contribution in [0, 0.1) is 5.82 Å². The highest BCUT2D eigenvalue weighted by Gasteiger charge is 2.35. The predicted molar refractivity (Wildman–Crippen MR) is 162 cm³/mol. The number of rotatable bonds is 7. The zero-order valence-electron chi connectivity index (χ0n) is 24.0. The highest BCUT2D eigenvalue weighted by Crippen LogP contribution is 2.36. The number of halogens is 1. The first-order valence-corrected chi connectivity index (χ1v) is 14.4. The van der Waals surface area contributed by atoms with Gasteiger partial charge in [-0.2, -0.15) is 0 Å². The van der Waals surface area contributed by atoms with Gasteiger partial charge in [-0.1, -0.05) is 73.9 Å². The van der Waals surface area contributed by atoms with Crippen molar-refractivity contribution < 1.29 is 14.0 Å². The standard InChI is InChI=1S/C35H38FN3O2/c1-35(2,3)38-33(40)32(27-14-18-28(36)19-15-27)39(29-20-16-25(17-21-29)24-10-6-4-7-11-24)34(41)31-23-22-30(37-31)26-12-8-5-9-13-26/h5,8-9,12-24,32,37H,4,6-7,10-11H2,1-3H3,(H,38,40). The summed E-state index contributed by atoms with van der Waals surface area (Å²) in [5.74, 6) is -0.592. The van der Waals surface area contributed by atoms with Crippen molar-refractivity contribution in [1.29, 1.82) is 0 Å². The van der Waals surface area contributed by atoms with Gasteiger partial charge < -0.3 is 10.3 Å². The number of carbonyl (C=O) groups excluding carboxylic acids is 2. The molecule has 1 aliphatic carbocycles. The lowest BCUT2D eigenvalue weighted by Gasteiger charge is -2.34. The molecule has 1 saturated carbocycles. The molecule has 0 saturated heterocycles. The van der Waals surface area contributed by atoms with Crippen molar-refractivity contribution in [2.45, 2.75) is 70.4 Å². The second kappa shape index (κ2) is 12.1. The molecule has 4 aromatic rings. The number of amides is 2. The van der Waals surface area contributed by atoms with Crippen molar-refractivity contribution in [2.24, 2.45) is 0 Å². The first-order valence-electron chi connectivity index (χ1n) is 14.4. The van der Waals surface area contributed by atoms with E-state index in [9.17, 15) is 14.0 Å². The number of benzene rings is 3. The van der Waals surface area contributed by atoms with Crippen molar-refractivity contribution >= 4 is 17.5 Å². The monoisotopic (exact) mass is 551 g/mol. The zero-order chi connectivity index (χ0) is 29.0. The fourth-order valence-corrected chi connectivity index (χ4v) is 5.66. The highest BCUT2D eigenvalue weighted by atomic mass is 19.1. The van der Waals surface area contributed by atoms with Gasteiger partial charge in [0, 0.05) is 16.9 Å². The minimum Gasteiger partial charge on any atom is -0.351 e. The van der Waals surface area contributed by atoms with Gasteiger partial charge in [-0.05, 0) is 92.6 Å². The second-order valence-electron chi connectivity index (χ2n) is 11.9. The number of nitrogens with zero attached hydrogens (tertiary/aromatic N) is 1. The molecular formula is C35H38FN3O2. The minimum absolute atomic E-state index is 0.344. The lowest BCUT2D eigenvalue weighted by Crippen LogP contribution is -2.49. The lowest BCUT2D eigenvalue weighted by molar-refractivity contribution is -0.123. The Morgan fingerprint density at radius 1 is 0.854 bits per heavy atom. The Morgan fingerprint density at radius 3 is 2.15 bits per heavy atom. The molecule has 1 fully saturated rings. The van der Waals surface area contributed by atoms with E-state index in [4.69, 9.17) is 0 Å². The number of carbonyl (C=O) groups is 2. The van der Waals surface area contributed by atoms with Gasteiger partial charge in [0.1, 0.15) is 17.6 Å². The number of hydrogen-bond acceptors (Lipinski definition) is 2. The van der Waals surface area contributed by atoms with E-state index in [0.717, 1.165) is 11.3 Å². The minimum atomic E-state index is -1.02. The summed E-state index contributed by atoms with van der Waals surface area (Å²) in [5.41, 5.74) is 3.95. The van der Waals surface area contributed by atoms with Gasteiger partial charge >= 0.3 is 0 Å². The first kappa shape index (κ1) is 28.3. The average molecular weight is 552 g/mol.